The molecule has 1 aromatic rings. The number of aryl methyl sites for hydroxylation is 1. The number of rotatable bonds is 4. The minimum Gasteiger partial charge on any atom is -0.390 e. The van der Waals surface area contributed by atoms with Crippen molar-refractivity contribution in [2.45, 2.75) is 105 Å². The lowest BCUT2D eigenvalue weighted by atomic mass is 9.72. The fourth-order valence-electron chi connectivity index (χ4n) is 6.65. The quantitative estimate of drug-likeness (QED) is 0.766. The Kier molecular flexibility index (Phi) is 4.78. The number of hydrogen-bond donors (Lipinski definition) is 2. The van der Waals surface area contributed by atoms with E-state index in [1.807, 2.05) is 6.92 Å². The molecule has 4 atom stereocenters. The molecule has 1 heterocycles. The van der Waals surface area contributed by atoms with Crippen molar-refractivity contribution < 1.29 is 14.4 Å². The van der Waals surface area contributed by atoms with Crippen LogP contribution in [0.5, 0.6) is 0 Å². The maximum Gasteiger partial charge on any atom is 0.291 e. The third kappa shape index (κ3) is 3.41. The summed E-state index contributed by atoms with van der Waals surface area (Å²) in [5.41, 5.74) is -0.0483. The van der Waals surface area contributed by atoms with E-state index in [0.717, 1.165) is 42.7 Å². The lowest BCUT2D eigenvalue weighted by Gasteiger charge is -2.43. The van der Waals surface area contributed by atoms with Crippen molar-refractivity contribution in [1.29, 1.82) is 0 Å². The first kappa shape index (κ1) is 19.0. The van der Waals surface area contributed by atoms with Crippen molar-refractivity contribution in [3.8, 4) is 0 Å². The van der Waals surface area contributed by atoms with Crippen molar-refractivity contribution in [3.05, 3.63) is 11.5 Å². The number of aromatic nitrogens is 1. The second-order valence-electron chi connectivity index (χ2n) is 9.96. The van der Waals surface area contributed by atoms with Gasteiger partial charge in [0, 0.05) is 10.8 Å². The molecule has 0 aliphatic heterocycles. The van der Waals surface area contributed by atoms with Crippen LogP contribution in [0, 0.1) is 18.8 Å². The number of thioether (sulfide) groups is 1. The number of carbonyl (C=O) groups excluding carboxylic acids is 1. The van der Waals surface area contributed by atoms with Gasteiger partial charge in [0.25, 0.3) is 5.91 Å². The van der Waals surface area contributed by atoms with Crippen molar-refractivity contribution in [2.24, 2.45) is 11.8 Å². The van der Waals surface area contributed by atoms with Crippen LogP contribution < -0.4 is 5.32 Å². The Hall–Kier alpha value is -1.01. The van der Waals surface area contributed by atoms with E-state index in [-0.39, 0.29) is 11.4 Å². The highest BCUT2D eigenvalue weighted by molar-refractivity contribution is 8.00. The van der Waals surface area contributed by atoms with E-state index in [2.05, 4.69) is 10.5 Å². The number of nitrogens with zero attached hydrogens (tertiary/aromatic N) is 1. The summed E-state index contributed by atoms with van der Waals surface area (Å²) in [6.45, 7) is 1.93. The second kappa shape index (κ2) is 7.05. The van der Waals surface area contributed by atoms with Crippen molar-refractivity contribution >= 4 is 17.7 Å². The van der Waals surface area contributed by atoms with Gasteiger partial charge in [0.1, 0.15) is 0 Å². The first-order chi connectivity index (χ1) is 13.5. The SMILES string of the molecule is Cc1noc(C(=O)NC23CC4CCCC(O)(CC4C2)C3)c1SC1CCCCC1. The highest BCUT2D eigenvalue weighted by Crippen LogP contribution is 2.57. The van der Waals surface area contributed by atoms with Crippen molar-refractivity contribution in [1.82, 2.24) is 10.5 Å². The van der Waals surface area contributed by atoms with Gasteiger partial charge in [-0.3, -0.25) is 4.79 Å². The van der Waals surface area contributed by atoms with Crippen molar-refractivity contribution in [2.75, 3.05) is 0 Å². The molecule has 3 bridgehead atoms. The van der Waals surface area contributed by atoms with Gasteiger partial charge in [-0.05, 0) is 70.1 Å². The normalized spacial score (nSPS) is 37.8. The smallest absolute Gasteiger partial charge is 0.291 e. The number of nitrogens with one attached hydrogen (secondary N) is 1. The van der Waals surface area contributed by atoms with Crippen LogP contribution >= 0.6 is 11.8 Å². The van der Waals surface area contributed by atoms with Crippen LogP contribution in [0.15, 0.2) is 9.42 Å². The molecule has 4 aliphatic rings. The molecule has 154 valence electrons. The molecule has 4 saturated carbocycles. The zero-order valence-corrected chi connectivity index (χ0v) is 17.7. The Morgan fingerprint density at radius 2 is 1.93 bits per heavy atom. The molecule has 0 spiro atoms. The number of fused-ring (bicyclic) bond motifs is 2. The lowest BCUT2D eigenvalue weighted by molar-refractivity contribution is -0.0371. The van der Waals surface area contributed by atoms with Crippen LogP contribution in [0.1, 0.15) is 93.3 Å². The monoisotopic (exact) mass is 404 g/mol. The molecule has 4 fully saturated rings. The molecule has 1 aromatic heterocycles. The van der Waals surface area contributed by atoms with Gasteiger partial charge in [-0.2, -0.15) is 0 Å². The summed E-state index contributed by atoms with van der Waals surface area (Å²) in [5.74, 6) is 1.44. The van der Waals surface area contributed by atoms with Gasteiger partial charge >= 0.3 is 0 Å². The lowest BCUT2D eigenvalue weighted by Crippen LogP contribution is -2.54. The largest absolute Gasteiger partial charge is 0.390 e. The molecular weight excluding hydrogens is 372 g/mol. The Labute approximate surface area is 171 Å². The summed E-state index contributed by atoms with van der Waals surface area (Å²) in [6.07, 6.45) is 13.1. The number of carbonyl (C=O) groups is 1. The fraction of sp³-hybridized carbons (Fsp3) is 0.818. The van der Waals surface area contributed by atoms with E-state index in [4.69, 9.17) is 4.52 Å². The predicted molar refractivity (Wildman–Crippen MR) is 108 cm³/mol. The summed E-state index contributed by atoms with van der Waals surface area (Å²) in [5, 5.41) is 19.1. The summed E-state index contributed by atoms with van der Waals surface area (Å²) in [4.78, 5) is 14.2. The van der Waals surface area contributed by atoms with Crippen LogP contribution in [0.4, 0.5) is 0 Å². The van der Waals surface area contributed by atoms with E-state index >= 15 is 0 Å². The molecule has 0 saturated heterocycles. The zero-order chi connectivity index (χ0) is 19.4. The molecule has 1 amide bonds. The Bertz CT molecular complexity index is 759. The topological polar surface area (TPSA) is 75.4 Å². The van der Waals surface area contributed by atoms with Crippen LogP contribution in [-0.2, 0) is 0 Å². The average Bonchev–Trinajstić information content (AvgIpc) is 3.09. The number of hydrogen-bond acceptors (Lipinski definition) is 5. The van der Waals surface area contributed by atoms with E-state index in [0.29, 0.717) is 29.3 Å². The summed E-state index contributed by atoms with van der Waals surface area (Å²) in [7, 11) is 0. The minimum absolute atomic E-state index is 0.136. The first-order valence-electron chi connectivity index (χ1n) is 11.1. The molecule has 5 rings (SSSR count). The van der Waals surface area contributed by atoms with Gasteiger partial charge in [-0.1, -0.05) is 30.8 Å². The van der Waals surface area contributed by atoms with Crippen molar-refractivity contribution in [3.63, 3.8) is 0 Å². The summed E-state index contributed by atoms with van der Waals surface area (Å²) >= 11 is 1.78. The van der Waals surface area contributed by atoms with E-state index in [1.165, 1.54) is 38.5 Å². The van der Waals surface area contributed by atoms with Crippen LogP contribution in [0.2, 0.25) is 0 Å². The Morgan fingerprint density at radius 3 is 2.75 bits per heavy atom. The van der Waals surface area contributed by atoms with E-state index in [1.54, 1.807) is 11.8 Å². The maximum absolute atomic E-state index is 13.3. The molecule has 0 radical (unpaired) electrons. The second-order valence-corrected chi connectivity index (χ2v) is 11.3. The number of aliphatic hydroxyl groups is 1. The molecule has 4 unspecified atom stereocenters. The molecule has 28 heavy (non-hydrogen) atoms. The average molecular weight is 405 g/mol. The third-order valence-corrected chi connectivity index (χ3v) is 9.25. The van der Waals surface area contributed by atoms with Gasteiger partial charge in [0.05, 0.1) is 16.2 Å². The fourth-order valence-corrected chi connectivity index (χ4v) is 8.00. The Morgan fingerprint density at radius 1 is 1.14 bits per heavy atom. The highest BCUT2D eigenvalue weighted by atomic mass is 32.2. The molecule has 6 heteroatoms. The zero-order valence-electron chi connectivity index (χ0n) is 16.8. The van der Waals surface area contributed by atoms with Gasteiger partial charge in [-0.15, -0.1) is 11.8 Å². The molecule has 2 N–H and O–H groups in total. The van der Waals surface area contributed by atoms with E-state index < -0.39 is 5.60 Å². The summed E-state index contributed by atoms with van der Waals surface area (Å²) in [6, 6.07) is 0. The molecule has 5 nitrogen and oxygen atoms in total. The Balaban J connectivity index is 1.35. The van der Waals surface area contributed by atoms with Gasteiger partial charge in [0.2, 0.25) is 5.76 Å². The van der Waals surface area contributed by atoms with E-state index in [9.17, 15) is 9.90 Å². The minimum atomic E-state index is -0.599. The first-order valence-corrected chi connectivity index (χ1v) is 12.0. The maximum atomic E-state index is 13.3. The standard InChI is InChI=1S/C22H32N2O3S/c1-14-19(28-17-7-3-2-4-8-17)18(27-24-14)20(25)23-21-10-15-6-5-9-22(26,13-21)12-16(15)11-21/h15-17,26H,2-13H2,1H3,(H,23,25). The van der Waals surface area contributed by atoms with Gasteiger partial charge in [0.15, 0.2) is 0 Å². The molecule has 0 aromatic carbocycles. The number of amides is 1. The van der Waals surface area contributed by atoms with Gasteiger partial charge < -0.3 is 14.9 Å². The van der Waals surface area contributed by atoms with Gasteiger partial charge in [-0.25, -0.2) is 0 Å². The highest BCUT2D eigenvalue weighted by Gasteiger charge is 2.57. The molecular formula is C22H32N2O3S. The van der Waals surface area contributed by atoms with Crippen LogP contribution in [-0.4, -0.2) is 32.6 Å². The summed E-state index contributed by atoms with van der Waals surface area (Å²) < 4.78 is 5.52. The van der Waals surface area contributed by atoms with Crippen LogP contribution in [0.25, 0.3) is 0 Å². The molecule has 4 aliphatic carbocycles. The predicted octanol–water partition coefficient (Wildman–Crippen LogP) is 4.61. The van der Waals surface area contributed by atoms with Crippen LogP contribution in [0.3, 0.4) is 0 Å². The third-order valence-electron chi connectivity index (χ3n) is 7.73.